The van der Waals surface area contributed by atoms with Crippen LogP contribution in [0.25, 0.3) is 0 Å². The van der Waals surface area contributed by atoms with Crippen molar-refractivity contribution in [3.63, 3.8) is 0 Å². The van der Waals surface area contributed by atoms with E-state index in [1.807, 2.05) is 6.08 Å². The van der Waals surface area contributed by atoms with Gasteiger partial charge in [0.25, 0.3) is 0 Å². The molecule has 0 aromatic carbocycles. The van der Waals surface area contributed by atoms with Crippen molar-refractivity contribution in [2.75, 3.05) is 6.61 Å². The minimum Gasteiger partial charge on any atom is -0.368 e. The van der Waals surface area contributed by atoms with Gasteiger partial charge in [-0.3, -0.25) is 0 Å². The Morgan fingerprint density at radius 1 is 1.31 bits per heavy atom. The number of allylic oxidation sites excluding steroid dienone is 1. The lowest BCUT2D eigenvalue weighted by Gasteiger charge is -2.33. The Kier molecular flexibility index (Phi) is 7.11. The van der Waals surface area contributed by atoms with Crippen molar-refractivity contribution in [2.24, 2.45) is 11.8 Å². The third-order valence-electron chi connectivity index (χ3n) is 6.20. The number of hydrogen-bond acceptors (Lipinski definition) is 4. The van der Waals surface area contributed by atoms with Crippen molar-refractivity contribution in [1.29, 1.82) is 0 Å². The molecule has 0 amide bonds. The van der Waals surface area contributed by atoms with Gasteiger partial charge < -0.3 is 19.3 Å². The second-order valence-electron chi connectivity index (χ2n) is 8.39. The number of rotatable bonds is 8. The maximum absolute atomic E-state index is 15.4. The summed E-state index contributed by atoms with van der Waals surface area (Å²) in [5.74, 6) is 0.673. The second kappa shape index (κ2) is 9.13. The molecule has 0 bridgehead atoms. The van der Waals surface area contributed by atoms with Crippen LogP contribution in [0, 0.1) is 11.8 Å². The third kappa shape index (κ3) is 5.06. The Morgan fingerprint density at radius 2 is 2.15 bits per heavy atom. The molecule has 4 nitrogen and oxygen atoms in total. The van der Waals surface area contributed by atoms with E-state index >= 15 is 4.39 Å². The van der Waals surface area contributed by atoms with Crippen LogP contribution in [0.4, 0.5) is 4.39 Å². The molecule has 7 unspecified atom stereocenters. The molecule has 1 N–H and O–H groups in total. The third-order valence-corrected chi connectivity index (χ3v) is 6.20. The smallest absolute Gasteiger partial charge is 0.158 e. The van der Waals surface area contributed by atoms with E-state index in [9.17, 15) is 5.11 Å². The molecule has 3 fully saturated rings. The molecular weight excluding hydrogens is 335 g/mol. The van der Waals surface area contributed by atoms with Crippen molar-refractivity contribution in [3.8, 4) is 0 Å². The fraction of sp³-hybridized carbons (Fsp3) is 0.905. The Balaban J connectivity index is 1.65. The fourth-order valence-corrected chi connectivity index (χ4v) is 4.56. The minimum atomic E-state index is -1.41. The zero-order chi connectivity index (χ0) is 18.6. The Hall–Kier alpha value is -0.490. The monoisotopic (exact) mass is 370 g/mol. The molecule has 7 atom stereocenters. The molecule has 0 aromatic rings. The first kappa shape index (κ1) is 20.2. The molecule has 0 radical (unpaired) electrons. The Bertz CT molecular complexity index is 461. The van der Waals surface area contributed by atoms with Crippen molar-refractivity contribution in [3.05, 3.63) is 12.2 Å². The van der Waals surface area contributed by atoms with Crippen LogP contribution in [0.3, 0.4) is 0 Å². The molecule has 2 aliphatic heterocycles. The largest absolute Gasteiger partial charge is 0.368 e. The summed E-state index contributed by atoms with van der Waals surface area (Å²) in [5, 5.41) is 9.73. The molecule has 3 aliphatic rings. The average molecular weight is 371 g/mol. The number of aliphatic hydroxyl groups is 1. The summed E-state index contributed by atoms with van der Waals surface area (Å²) in [6, 6.07) is 0. The molecule has 150 valence electrons. The van der Waals surface area contributed by atoms with Gasteiger partial charge in [0.1, 0.15) is 11.8 Å². The topological polar surface area (TPSA) is 47.9 Å². The lowest BCUT2D eigenvalue weighted by molar-refractivity contribution is -0.201. The van der Waals surface area contributed by atoms with E-state index in [0.29, 0.717) is 31.3 Å². The summed E-state index contributed by atoms with van der Waals surface area (Å²) in [5.41, 5.74) is -1.41. The van der Waals surface area contributed by atoms with E-state index in [-0.39, 0.29) is 12.4 Å². The molecular formula is C21H35FO4. The number of alkyl halides is 1. The highest BCUT2D eigenvalue weighted by Crippen LogP contribution is 2.43. The maximum atomic E-state index is 15.4. The van der Waals surface area contributed by atoms with Gasteiger partial charge in [-0.1, -0.05) is 31.9 Å². The second-order valence-corrected chi connectivity index (χ2v) is 8.39. The molecule has 2 saturated heterocycles. The van der Waals surface area contributed by atoms with Gasteiger partial charge in [0.05, 0.1) is 6.10 Å². The summed E-state index contributed by atoms with van der Waals surface area (Å²) in [7, 11) is 0. The van der Waals surface area contributed by atoms with E-state index in [1.54, 1.807) is 6.92 Å². The van der Waals surface area contributed by atoms with E-state index in [0.717, 1.165) is 44.9 Å². The van der Waals surface area contributed by atoms with Gasteiger partial charge in [-0.2, -0.15) is 0 Å². The maximum Gasteiger partial charge on any atom is 0.158 e. The molecule has 0 spiro atoms. The predicted octanol–water partition coefficient (Wildman–Crippen LogP) is 4.51. The fourth-order valence-electron chi connectivity index (χ4n) is 4.56. The van der Waals surface area contributed by atoms with Crippen molar-refractivity contribution < 1.29 is 23.7 Å². The summed E-state index contributed by atoms with van der Waals surface area (Å²) in [6.45, 7) is 4.43. The first-order chi connectivity index (χ1) is 12.5. The van der Waals surface area contributed by atoms with E-state index in [4.69, 9.17) is 14.2 Å². The number of ether oxygens (including phenoxy) is 3. The van der Waals surface area contributed by atoms with Crippen LogP contribution in [0.2, 0.25) is 0 Å². The van der Waals surface area contributed by atoms with Crippen molar-refractivity contribution >= 4 is 0 Å². The number of unbranched alkanes of at least 4 members (excludes halogenated alkanes) is 1. The van der Waals surface area contributed by atoms with Crippen LogP contribution in [0.1, 0.15) is 71.6 Å². The lowest BCUT2D eigenvalue weighted by Crippen LogP contribution is -2.40. The highest BCUT2D eigenvalue weighted by molar-refractivity contribution is 5.06. The first-order valence-corrected chi connectivity index (χ1v) is 10.5. The number of fused-ring (bicyclic) bond motifs is 1. The van der Waals surface area contributed by atoms with Crippen LogP contribution >= 0.6 is 0 Å². The number of hydrogen-bond donors (Lipinski definition) is 1. The molecule has 0 aromatic heterocycles. The van der Waals surface area contributed by atoms with Gasteiger partial charge in [0.2, 0.25) is 0 Å². The standard InChI is InChI=1S/C21H35FO4/c1-3-4-12-21(2,22)18(26-20-7-5-6-13-24-20)11-9-15-8-10-17-16(15)14-19(23)25-17/h9,11,15-20,23H,3-8,10,12-14H2,1-2H3/b11-9+. The molecule has 1 aliphatic carbocycles. The SMILES string of the molecule is CCCCC(C)(F)C(/C=C/C1CCC2OC(O)CC12)OC1CCCCO1. The van der Waals surface area contributed by atoms with Gasteiger partial charge in [-0.15, -0.1) is 0 Å². The zero-order valence-electron chi connectivity index (χ0n) is 16.2. The lowest BCUT2D eigenvalue weighted by atomic mass is 9.89. The zero-order valence-corrected chi connectivity index (χ0v) is 16.2. The van der Waals surface area contributed by atoms with Crippen LogP contribution in [-0.2, 0) is 14.2 Å². The number of aliphatic hydroxyl groups excluding tert-OH is 1. The van der Waals surface area contributed by atoms with Crippen LogP contribution in [-0.4, -0.2) is 42.2 Å². The van der Waals surface area contributed by atoms with E-state index in [2.05, 4.69) is 13.0 Å². The van der Waals surface area contributed by atoms with Gasteiger partial charge in [-0.05, 0) is 57.3 Å². The number of halogens is 1. The van der Waals surface area contributed by atoms with Crippen LogP contribution in [0.5, 0.6) is 0 Å². The molecule has 3 rings (SSSR count). The quantitative estimate of drug-likeness (QED) is 0.639. The van der Waals surface area contributed by atoms with Gasteiger partial charge >= 0.3 is 0 Å². The van der Waals surface area contributed by atoms with Crippen molar-refractivity contribution in [2.45, 2.75) is 102 Å². The normalized spacial score (nSPS) is 38.4. The van der Waals surface area contributed by atoms with Gasteiger partial charge in [-0.25, -0.2) is 4.39 Å². The van der Waals surface area contributed by atoms with Crippen molar-refractivity contribution in [1.82, 2.24) is 0 Å². The average Bonchev–Trinajstić information content (AvgIpc) is 3.17. The van der Waals surface area contributed by atoms with Crippen LogP contribution < -0.4 is 0 Å². The Labute approximate surface area is 157 Å². The molecule has 1 saturated carbocycles. The highest BCUT2D eigenvalue weighted by atomic mass is 19.1. The summed E-state index contributed by atoms with van der Waals surface area (Å²) in [4.78, 5) is 0. The highest BCUT2D eigenvalue weighted by Gasteiger charge is 2.43. The minimum absolute atomic E-state index is 0.151. The molecule has 26 heavy (non-hydrogen) atoms. The van der Waals surface area contributed by atoms with E-state index in [1.165, 1.54) is 0 Å². The predicted molar refractivity (Wildman–Crippen MR) is 98.4 cm³/mol. The Morgan fingerprint density at radius 3 is 2.88 bits per heavy atom. The van der Waals surface area contributed by atoms with E-state index < -0.39 is 18.1 Å². The first-order valence-electron chi connectivity index (χ1n) is 10.5. The van der Waals surface area contributed by atoms with Gasteiger partial charge in [0.15, 0.2) is 12.6 Å². The molecule has 5 heteroatoms. The summed E-state index contributed by atoms with van der Waals surface area (Å²) < 4.78 is 32.7. The summed E-state index contributed by atoms with van der Waals surface area (Å²) in [6.07, 6.45) is 10.6. The summed E-state index contributed by atoms with van der Waals surface area (Å²) >= 11 is 0. The van der Waals surface area contributed by atoms with Gasteiger partial charge in [0, 0.05) is 13.0 Å². The van der Waals surface area contributed by atoms with Crippen LogP contribution in [0.15, 0.2) is 12.2 Å². The molecule has 2 heterocycles.